The molecule has 2 rings (SSSR count). The fourth-order valence-corrected chi connectivity index (χ4v) is 3.00. The van der Waals surface area contributed by atoms with Gasteiger partial charge in [-0.1, -0.05) is 64.1 Å². The maximum absolute atomic E-state index is 12.7. The van der Waals surface area contributed by atoms with Crippen LogP contribution in [-0.4, -0.2) is 17.9 Å². The van der Waals surface area contributed by atoms with E-state index in [-0.39, 0.29) is 29.7 Å². The Balaban J connectivity index is 2.07. The molecule has 0 aliphatic carbocycles. The molecule has 2 amide bonds. The Morgan fingerprint density at radius 3 is 2.15 bits per heavy atom. The Bertz CT molecular complexity index is 768. The summed E-state index contributed by atoms with van der Waals surface area (Å²) in [6.07, 6.45) is 0.427. The van der Waals surface area contributed by atoms with Crippen molar-refractivity contribution in [2.75, 3.05) is 0 Å². The largest absolute Gasteiger partial charge is 0.348 e. The normalized spacial score (nSPS) is 13.7. The highest BCUT2D eigenvalue weighted by Crippen LogP contribution is 2.20. The van der Waals surface area contributed by atoms with Crippen LogP contribution in [0.25, 0.3) is 10.8 Å². The lowest BCUT2D eigenvalue weighted by Crippen LogP contribution is -2.50. The fraction of sp³-hybridized carbons (Fsp3) is 0.455. The first-order chi connectivity index (χ1) is 12.3. The van der Waals surface area contributed by atoms with Crippen molar-refractivity contribution in [2.45, 2.75) is 53.1 Å². The number of fused-ring (bicyclic) bond motifs is 1. The van der Waals surface area contributed by atoms with E-state index in [0.717, 1.165) is 10.9 Å². The molecule has 26 heavy (non-hydrogen) atoms. The van der Waals surface area contributed by atoms with Gasteiger partial charge in [-0.05, 0) is 41.2 Å². The fourth-order valence-electron chi connectivity index (χ4n) is 3.00. The van der Waals surface area contributed by atoms with Gasteiger partial charge in [0.15, 0.2) is 0 Å². The standard InChI is InChI=1S/C22H30N2O2/c1-14(2)12-20(25)24-21(15(3)4)22(26)23-16(5)18-11-10-17-8-6-7-9-19(17)13-18/h6-11,13-16,21H,12H2,1-5H3,(H,23,26)(H,24,25). The monoisotopic (exact) mass is 354 g/mol. The number of carbonyl (C=O) groups is 2. The van der Waals surface area contributed by atoms with E-state index in [0.29, 0.717) is 6.42 Å². The van der Waals surface area contributed by atoms with E-state index in [2.05, 4.69) is 34.9 Å². The zero-order valence-corrected chi connectivity index (χ0v) is 16.4. The van der Waals surface area contributed by atoms with Crippen molar-refractivity contribution in [3.8, 4) is 0 Å². The molecule has 140 valence electrons. The summed E-state index contributed by atoms with van der Waals surface area (Å²) >= 11 is 0. The van der Waals surface area contributed by atoms with Gasteiger partial charge in [-0.15, -0.1) is 0 Å². The second kappa shape index (κ2) is 8.84. The molecule has 0 spiro atoms. The first-order valence-corrected chi connectivity index (χ1v) is 9.36. The molecular weight excluding hydrogens is 324 g/mol. The number of amides is 2. The van der Waals surface area contributed by atoms with Gasteiger partial charge < -0.3 is 10.6 Å². The lowest BCUT2D eigenvalue weighted by Gasteiger charge is -2.24. The van der Waals surface area contributed by atoms with Crippen LogP contribution < -0.4 is 10.6 Å². The predicted octanol–water partition coefficient (Wildman–Crippen LogP) is 4.20. The van der Waals surface area contributed by atoms with E-state index in [1.54, 1.807) is 0 Å². The summed E-state index contributed by atoms with van der Waals surface area (Å²) in [6.45, 7) is 9.84. The average molecular weight is 354 g/mol. The van der Waals surface area contributed by atoms with Gasteiger partial charge in [0.2, 0.25) is 11.8 Å². The quantitative estimate of drug-likeness (QED) is 0.783. The van der Waals surface area contributed by atoms with Crippen LogP contribution in [0.2, 0.25) is 0 Å². The van der Waals surface area contributed by atoms with Crippen LogP contribution in [-0.2, 0) is 9.59 Å². The molecule has 0 radical (unpaired) electrons. The summed E-state index contributed by atoms with van der Waals surface area (Å²) in [5.41, 5.74) is 1.05. The molecule has 0 aliphatic rings. The van der Waals surface area contributed by atoms with E-state index < -0.39 is 6.04 Å². The molecule has 0 heterocycles. The predicted molar refractivity (Wildman–Crippen MR) is 107 cm³/mol. The molecule has 2 atom stereocenters. The van der Waals surface area contributed by atoms with Crippen LogP contribution in [0.4, 0.5) is 0 Å². The molecular formula is C22H30N2O2. The van der Waals surface area contributed by atoms with Crippen molar-refractivity contribution in [1.29, 1.82) is 0 Å². The summed E-state index contributed by atoms with van der Waals surface area (Å²) in [5, 5.41) is 8.26. The summed E-state index contributed by atoms with van der Waals surface area (Å²) in [5.74, 6) is 0.0716. The van der Waals surface area contributed by atoms with Crippen LogP contribution in [0.15, 0.2) is 42.5 Å². The molecule has 0 bridgehead atoms. The molecule has 0 aromatic heterocycles. The van der Waals surface area contributed by atoms with Crippen LogP contribution >= 0.6 is 0 Å². The minimum absolute atomic E-state index is 0.0231. The molecule has 4 nitrogen and oxygen atoms in total. The Hall–Kier alpha value is -2.36. The number of nitrogens with one attached hydrogen (secondary N) is 2. The Kier molecular flexibility index (Phi) is 6.78. The minimum Gasteiger partial charge on any atom is -0.348 e. The highest BCUT2D eigenvalue weighted by molar-refractivity contribution is 5.88. The minimum atomic E-state index is -0.524. The van der Waals surface area contributed by atoms with Gasteiger partial charge in [-0.25, -0.2) is 0 Å². The first kappa shape index (κ1) is 20.0. The molecule has 0 saturated heterocycles. The third-order valence-electron chi connectivity index (χ3n) is 4.49. The number of hydrogen-bond acceptors (Lipinski definition) is 2. The summed E-state index contributed by atoms with van der Waals surface area (Å²) < 4.78 is 0. The van der Waals surface area contributed by atoms with Gasteiger partial charge in [0.05, 0.1) is 6.04 Å². The van der Waals surface area contributed by atoms with E-state index in [4.69, 9.17) is 0 Å². The van der Waals surface area contributed by atoms with Crippen LogP contribution in [0.1, 0.15) is 52.6 Å². The SMILES string of the molecule is CC(C)CC(=O)NC(C(=O)NC(C)c1ccc2ccccc2c1)C(C)C. The van der Waals surface area contributed by atoms with Gasteiger partial charge in [0.25, 0.3) is 0 Å². The topological polar surface area (TPSA) is 58.2 Å². The van der Waals surface area contributed by atoms with Gasteiger partial charge in [-0.2, -0.15) is 0 Å². The molecule has 2 aromatic rings. The molecule has 0 fully saturated rings. The van der Waals surface area contributed by atoms with E-state index in [9.17, 15) is 9.59 Å². The zero-order valence-electron chi connectivity index (χ0n) is 16.4. The maximum atomic E-state index is 12.7. The second-order valence-corrected chi connectivity index (χ2v) is 7.72. The zero-order chi connectivity index (χ0) is 19.3. The number of carbonyl (C=O) groups excluding carboxylic acids is 2. The number of benzene rings is 2. The van der Waals surface area contributed by atoms with E-state index >= 15 is 0 Å². The third kappa shape index (κ3) is 5.32. The molecule has 0 aliphatic heterocycles. The van der Waals surface area contributed by atoms with Crippen molar-refractivity contribution in [3.05, 3.63) is 48.0 Å². The van der Waals surface area contributed by atoms with Gasteiger partial charge in [-0.3, -0.25) is 9.59 Å². The van der Waals surface area contributed by atoms with Crippen LogP contribution in [0.5, 0.6) is 0 Å². The molecule has 0 saturated carbocycles. The highest BCUT2D eigenvalue weighted by Gasteiger charge is 2.25. The van der Waals surface area contributed by atoms with Crippen LogP contribution in [0.3, 0.4) is 0 Å². The van der Waals surface area contributed by atoms with Gasteiger partial charge in [0.1, 0.15) is 6.04 Å². The molecule has 2 N–H and O–H groups in total. The lowest BCUT2D eigenvalue weighted by molar-refractivity contribution is -0.130. The Morgan fingerprint density at radius 1 is 0.885 bits per heavy atom. The Labute approximate surface area is 156 Å². The molecule has 4 heteroatoms. The maximum Gasteiger partial charge on any atom is 0.243 e. The summed E-state index contributed by atoms with van der Waals surface area (Å²) in [6, 6.07) is 13.7. The van der Waals surface area contributed by atoms with E-state index in [1.165, 1.54) is 5.39 Å². The van der Waals surface area contributed by atoms with Crippen molar-refractivity contribution in [1.82, 2.24) is 10.6 Å². The number of hydrogen-bond donors (Lipinski definition) is 2. The van der Waals surface area contributed by atoms with Gasteiger partial charge in [0, 0.05) is 6.42 Å². The lowest BCUT2D eigenvalue weighted by atomic mass is 10.00. The smallest absolute Gasteiger partial charge is 0.243 e. The third-order valence-corrected chi connectivity index (χ3v) is 4.49. The number of rotatable bonds is 7. The summed E-state index contributed by atoms with van der Waals surface area (Å²) in [7, 11) is 0. The average Bonchev–Trinajstić information content (AvgIpc) is 2.58. The highest BCUT2D eigenvalue weighted by atomic mass is 16.2. The molecule has 2 aromatic carbocycles. The van der Waals surface area contributed by atoms with Crippen molar-refractivity contribution >= 4 is 22.6 Å². The summed E-state index contributed by atoms with van der Waals surface area (Å²) in [4.78, 5) is 24.8. The van der Waals surface area contributed by atoms with E-state index in [1.807, 2.05) is 52.8 Å². The second-order valence-electron chi connectivity index (χ2n) is 7.72. The molecule has 2 unspecified atom stereocenters. The van der Waals surface area contributed by atoms with Crippen molar-refractivity contribution < 1.29 is 9.59 Å². The first-order valence-electron chi connectivity index (χ1n) is 9.36. The van der Waals surface area contributed by atoms with Crippen molar-refractivity contribution in [2.24, 2.45) is 11.8 Å². The van der Waals surface area contributed by atoms with Crippen LogP contribution in [0, 0.1) is 11.8 Å². The van der Waals surface area contributed by atoms with Gasteiger partial charge >= 0.3 is 0 Å². The van der Waals surface area contributed by atoms with Crippen molar-refractivity contribution in [3.63, 3.8) is 0 Å². The Morgan fingerprint density at radius 2 is 1.54 bits per heavy atom.